The maximum atomic E-state index is 5.60. The molecule has 2 aromatic heterocycles. The van der Waals surface area contributed by atoms with E-state index in [4.69, 9.17) is 5.73 Å². The van der Waals surface area contributed by atoms with Crippen LogP contribution in [0.1, 0.15) is 11.5 Å². The number of thiophene rings is 1. The zero-order chi connectivity index (χ0) is 9.26. The van der Waals surface area contributed by atoms with Crippen molar-refractivity contribution in [3.63, 3.8) is 0 Å². The van der Waals surface area contributed by atoms with Crippen molar-refractivity contribution in [2.75, 3.05) is 0 Å². The summed E-state index contributed by atoms with van der Waals surface area (Å²) in [6, 6.07) is 4.07. The molecule has 0 saturated carbocycles. The topological polar surface area (TPSA) is 54.7 Å². The summed E-state index contributed by atoms with van der Waals surface area (Å²) in [4.78, 5) is 8.72. The molecule has 0 atom stereocenters. The Morgan fingerprint density at radius 2 is 2.46 bits per heavy atom. The van der Waals surface area contributed by atoms with Crippen LogP contribution in [0.25, 0.3) is 10.6 Å². The van der Waals surface area contributed by atoms with Crippen LogP contribution in [0.4, 0.5) is 0 Å². The molecule has 13 heavy (non-hydrogen) atoms. The largest absolute Gasteiger partial charge is 0.344 e. The second-order valence-electron chi connectivity index (χ2n) is 2.83. The Kier molecular flexibility index (Phi) is 2.16. The molecule has 0 aliphatic rings. The number of hydrogen-bond acceptors (Lipinski definition) is 3. The number of nitrogens with zero attached hydrogens (tertiary/aromatic N) is 1. The van der Waals surface area contributed by atoms with Crippen molar-refractivity contribution in [2.45, 2.75) is 13.5 Å². The number of aromatic nitrogens is 2. The normalized spacial score (nSPS) is 10.6. The Balaban J connectivity index is 2.50. The van der Waals surface area contributed by atoms with Gasteiger partial charge in [0.05, 0.1) is 10.6 Å². The average Bonchev–Trinajstić information content (AvgIpc) is 2.71. The second kappa shape index (κ2) is 3.32. The van der Waals surface area contributed by atoms with Gasteiger partial charge in [0.15, 0.2) is 0 Å². The van der Waals surface area contributed by atoms with Crippen molar-refractivity contribution in [3.05, 3.63) is 29.0 Å². The van der Waals surface area contributed by atoms with Crippen molar-refractivity contribution < 1.29 is 0 Å². The minimum atomic E-state index is 0.508. The molecule has 3 N–H and O–H groups in total. The van der Waals surface area contributed by atoms with E-state index >= 15 is 0 Å². The van der Waals surface area contributed by atoms with E-state index in [-0.39, 0.29) is 0 Å². The van der Waals surface area contributed by atoms with E-state index in [9.17, 15) is 0 Å². The van der Waals surface area contributed by atoms with E-state index in [0.717, 1.165) is 17.2 Å². The molecular weight excluding hydrogens is 182 g/mol. The first-order chi connectivity index (χ1) is 6.31. The fourth-order valence-corrected chi connectivity index (χ4v) is 2.05. The highest BCUT2D eigenvalue weighted by molar-refractivity contribution is 7.13. The highest BCUT2D eigenvalue weighted by atomic mass is 32.1. The minimum Gasteiger partial charge on any atom is -0.344 e. The molecule has 0 aliphatic carbocycles. The lowest BCUT2D eigenvalue weighted by atomic mass is 10.3. The molecule has 0 aliphatic heterocycles. The zero-order valence-electron chi connectivity index (χ0n) is 7.37. The SMILES string of the molecule is Cc1nc(-c2cccs2)c(CN)[nH]1. The highest BCUT2D eigenvalue weighted by Gasteiger charge is 2.09. The summed E-state index contributed by atoms with van der Waals surface area (Å²) < 4.78 is 0. The molecule has 0 unspecified atom stereocenters. The Labute approximate surface area is 80.6 Å². The molecule has 2 rings (SSSR count). The van der Waals surface area contributed by atoms with Crippen molar-refractivity contribution >= 4 is 11.3 Å². The molecule has 0 radical (unpaired) electrons. The van der Waals surface area contributed by atoms with Crippen LogP contribution in [0.5, 0.6) is 0 Å². The number of aromatic amines is 1. The fraction of sp³-hybridized carbons (Fsp3) is 0.222. The average molecular weight is 193 g/mol. The summed E-state index contributed by atoms with van der Waals surface area (Å²) in [6.07, 6.45) is 0. The van der Waals surface area contributed by atoms with Crippen LogP contribution in [-0.2, 0) is 6.54 Å². The van der Waals surface area contributed by atoms with Gasteiger partial charge in [-0.2, -0.15) is 0 Å². The molecule has 0 amide bonds. The van der Waals surface area contributed by atoms with Crippen molar-refractivity contribution in [1.29, 1.82) is 0 Å². The molecule has 2 heterocycles. The van der Waals surface area contributed by atoms with Crippen molar-refractivity contribution in [1.82, 2.24) is 9.97 Å². The number of nitrogens with one attached hydrogen (secondary N) is 1. The number of H-pyrrole nitrogens is 1. The van der Waals surface area contributed by atoms with Gasteiger partial charge in [-0.05, 0) is 18.4 Å². The summed E-state index contributed by atoms with van der Waals surface area (Å²) in [5.41, 5.74) is 7.61. The Morgan fingerprint density at radius 3 is 3.08 bits per heavy atom. The zero-order valence-corrected chi connectivity index (χ0v) is 8.19. The monoisotopic (exact) mass is 193 g/mol. The smallest absolute Gasteiger partial charge is 0.103 e. The molecule has 0 bridgehead atoms. The summed E-state index contributed by atoms with van der Waals surface area (Å²) in [7, 11) is 0. The van der Waals surface area contributed by atoms with Gasteiger partial charge < -0.3 is 10.7 Å². The predicted octanol–water partition coefficient (Wildman–Crippen LogP) is 1.91. The first-order valence-corrected chi connectivity index (χ1v) is 4.98. The van der Waals surface area contributed by atoms with Gasteiger partial charge in [-0.3, -0.25) is 0 Å². The number of rotatable bonds is 2. The molecule has 0 fully saturated rings. The van der Waals surface area contributed by atoms with Crippen LogP contribution >= 0.6 is 11.3 Å². The number of hydrogen-bond donors (Lipinski definition) is 2. The summed E-state index contributed by atoms with van der Waals surface area (Å²) in [6.45, 7) is 2.45. The van der Waals surface area contributed by atoms with Gasteiger partial charge in [0, 0.05) is 6.54 Å². The van der Waals surface area contributed by atoms with Crippen molar-refractivity contribution in [2.24, 2.45) is 5.73 Å². The quantitative estimate of drug-likeness (QED) is 0.765. The van der Waals surface area contributed by atoms with E-state index in [1.165, 1.54) is 4.88 Å². The van der Waals surface area contributed by atoms with Gasteiger partial charge in [0.25, 0.3) is 0 Å². The maximum absolute atomic E-state index is 5.60. The Hall–Kier alpha value is -1.13. The number of aryl methyl sites for hydroxylation is 1. The number of nitrogens with two attached hydrogens (primary N) is 1. The van der Waals surface area contributed by atoms with Gasteiger partial charge in [0.2, 0.25) is 0 Å². The lowest BCUT2D eigenvalue weighted by Crippen LogP contribution is -1.97. The molecule has 0 aromatic carbocycles. The predicted molar refractivity (Wildman–Crippen MR) is 54.5 cm³/mol. The first-order valence-electron chi connectivity index (χ1n) is 4.10. The molecule has 3 nitrogen and oxygen atoms in total. The molecule has 2 aromatic rings. The van der Waals surface area contributed by atoms with Gasteiger partial charge in [-0.25, -0.2) is 4.98 Å². The van der Waals surface area contributed by atoms with Crippen LogP contribution in [-0.4, -0.2) is 9.97 Å². The van der Waals surface area contributed by atoms with Crippen LogP contribution in [0.3, 0.4) is 0 Å². The van der Waals surface area contributed by atoms with Crippen LogP contribution in [0.15, 0.2) is 17.5 Å². The second-order valence-corrected chi connectivity index (χ2v) is 3.78. The lowest BCUT2D eigenvalue weighted by Gasteiger charge is -1.94. The molecular formula is C9H11N3S. The third kappa shape index (κ3) is 1.50. The van der Waals surface area contributed by atoms with Gasteiger partial charge in [-0.1, -0.05) is 6.07 Å². The van der Waals surface area contributed by atoms with E-state index in [2.05, 4.69) is 16.0 Å². The lowest BCUT2D eigenvalue weighted by molar-refractivity contribution is 0.999. The van der Waals surface area contributed by atoms with Gasteiger partial charge in [-0.15, -0.1) is 11.3 Å². The Morgan fingerprint density at radius 1 is 1.62 bits per heavy atom. The van der Waals surface area contributed by atoms with E-state index in [1.54, 1.807) is 11.3 Å². The molecule has 0 spiro atoms. The van der Waals surface area contributed by atoms with E-state index in [0.29, 0.717) is 6.54 Å². The van der Waals surface area contributed by atoms with Gasteiger partial charge >= 0.3 is 0 Å². The first kappa shape index (κ1) is 8.47. The Bertz CT molecular complexity index is 389. The summed E-state index contributed by atoms with van der Waals surface area (Å²) in [5, 5.41) is 2.04. The molecule has 4 heteroatoms. The van der Waals surface area contributed by atoms with Gasteiger partial charge in [0.1, 0.15) is 11.5 Å². The fourth-order valence-electron chi connectivity index (χ4n) is 1.31. The molecule has 68 valence electrons. The number of imidazole rings is 1. The van der Waals surface area contributed by atoms with Crippen LogP contribution in [0.2, 0.25) is 0 Å². The van der Waals surface area contributed by atoms with Crippen molar-refractivity contribution in [3.8, 4) is 10.6 Å². The third-order valence-electron chi connectivity index (χ3n) is 1.86. The van der Waals surface area contributed by atoms with Crippen LogP contribution < -0.4 is 5.73 Å². The van der Waals surface area contributed by atoms with E-state index < -0.39 is 0 Å². The molecule has 0 saturated heterocycles. The summed E-state index contributed by atoms with van der Waals surface area (Å²) >= 11 is 1.68. The van der Waals surface area contributed by atoms with Crippen LogP contribution in [0, 0.1) is 6.92 Å². The van der Waals surface area contributed by atoms with E-state index in [1.807, 2.05) is 18.4 Å². The standard InChI is InChI=1S/C9H11N3S/c1-6-11-7(5-10)9(12-6)8-3-2-4-13-8/h2-4H,5,10H2,1H3,(H,11,12). The maximum Gasteiger partial charge on any atom is 0.103 e. The summed E-state index contributed by atoms with van der Waals surface area (Å²) in [5.74, 6) is 0.920. The third-order valence-corrected chi connectivity index (χ3v) is 2.73. The highest BCUT2D eigenvalue weighted by Crippen LogP contribution is 2.25. The minimum absolute atomic E-state index is 0.508.